The summed E-state index contributed by atoms with van der Waals surface area (Å²) in [6.45, 7) is 0.443. The molecular formula is C17H20F3NO3. The standard InChI is InChI=1S/C17H20F3NO3/c18-17(19,20)16(23)7-9-21(10-8-16)15(22)13-3-5-14(6-4-13)24-11-12-1-2-12/h3-6,12,23H,1-2,7-11H2. The maximum atomic E-state index is 12.8. The van der Waals surface area contributed by atoms with Crippen LogP contribution < -0.4 is 4.74 Å². The Labute approximate surface area is 138 Å². The zero-order valence-corrected chi connectivity index (χ0v) is 13.2. The van der Waals surface area contributed by atoms with Gasteiger partial charge in [0, 0.05) is 31.5 Å². The van der Waals surface area contributed by atoms with Crippen molar-refractivity contribution in [3.63, 3.8) is 0 Å². The van der Waals surface area contributed by atoms with Crippen LogP contribution in [-0.2, 0) is 0 Å². The molecule has 7 heteroatoms. The number of halogens is 3. The molecule has 3 rings (SSSR count). The topological polar surface area (TPSA) is 49.8 Å². The molecule has 1 saturated carbocycles. The van der Waals surface area contributed by atoms with Gasteiger partial charge in [-0.25, -0.2) is 0 Å². The Bertz CT molecular complexity index is 588. The lowest BCUT2D eigenvalue weighted by Crippen LogP contribution is -2.54. The van der Waals surface area contributed by atoms with E-state index in [-0.39, 0.29) is 19.0 Å². The number of piperidine rings is 1. The van der Waals surface area contributed by atoms with E-state index in [1.165, 1.54) is 17.7 Å². The van der Waals surface area contributed by atoms with Crippen LogP contribution in [0.2, 0.25) is 0 Å². The fraction of sp³-hybridized carbons (Fsp3) is 0.588. The van der Waals surface area contributed by atoms with Gasteiger partial charge in [0.1, 0.15) is 5.75 Å². The molecule has 1 aromatic rings. The van der Waals surface area contributed by atoms with E-state index in [1.54, 1.807) is 24.3 Å². The average Bonchev–Trinajstić information content (AvgIpc) is 3.37. The monoisotopic (exact) mass is 343 g/mol. The molecule has 0 unspecified atom stereocenters. The number of hydrogen-bond donors (Lipinski definition) is 1. The number of ether oxygens (including phenoxy) is 1. The van der Waals surface area contributed by atoms with Gasteiger partial charge >= 0.3 is 6.18 Å². The molecule has 1 amide bonds. The van der Waals surface area contributed by atoms with Gasteiger partial charge in [-0.15, -0.1) is 0 Å². The highest BCUT2D eigenvalue weighted by Crippen LogP contribution is 2.38. The molecule has 4 nitrogen and oxygen atoms in total. The molecule has 1 saturated heterocycles. The first-order chi connectivity index (χ1) is 11.3. The van der Waals surface area contributed by atoms with Crippen molar-refractivity contribution in [2.75, 3.05) is 19.7 Å². The predicted molar refractivity (Wildman–Crippen MR) is 80.8 cm³/mol. The second kappa shape index (κ2) is 6.27. The first kappa shape index (κ1) is 17.1. The zero-order valence-electron chi connectivity index (χ0n) is 13.2. The summed E-state index contributed by atoms with van der Waals surface area (Å²) in [6, 6.07) is 6.64. The summed E-state index contributed by atoms with van der Waals surface area (Å²) in [5.74, 6) is 0.989. The lowest BCUT2D eigenvalue weighted by molar-refractivity contribution is -0.271. The van der Waals surface area contributed by atoms with Gasteiger partial charge in [-0.1, -0.05) is 0 Å². The minimum atomic E-state index is -4.66. The van der Waals surface area contributed by atoms with Gasteiger partial charge in [0.2, 0.25) is 0 Å². The molecule has 0 bridgehead atoms. The molecule has 1 aliphatic carbocycles. The molecule has 2 fully saturated rings. The average molecular weight is 343 g/mol. The van der Waals surface area contributed by atoms with Crippen LogP contribution in [0.5, 0.6) is 5.75 Å². The number of likely N-dealkylation sites (tertiary alicyclic amines) is 1. The maximum absolute atomic E-state index is 12.8. The third kappa shape index (κ3) is 3.66. The molecule has 1 N–H and O–H groups in total. The van der Waals surface area contributed by atoms with Crippen LogP contribution in [0, 0.1) is 5.92 Å². The van der Waals surface area contributed by atoms with Gasteiger partial charge in [0.15, 0.2) is 5.60 Å². The molecule has 1 aliphatic heterocycles. The van der Waals surface area contributed by atoms with Gasteiger partial charge in [-0.3, -0.25) is 4.79 Å². The molecule has 0 atom stereocenters. The highest BCUT2D eigenvalue weighted by atomic mass is 19.4. The molecular weight excluding hydrogens is 323 g/mol. The van der Waals surface area contributed by atoms with Gasteiger partial charge in [0.05, 0.1) is 6.61 Å². The minimum absolute atomic E-state index is 0.116. The Kier molecular flexibility index (Phi) is 4.46. The minimum Gasteiger partial charge on any atom is -0.493 e. The number of carbonyl (C=O) groups is 1. The SMILES string of the molecule is O=C(c1ccc(OCC2CC2)cc1)N1CCC(O)(C(F)(F)F)CC1. The van der Waals surface area contributed by atoms with Crippen LogP contribution in [0.15, 0.2) is 24.3 Å². The van der Waals surface area contributed by atoms with E-state index in [4.69, 9.17) is 4.74 Å². The van der Waals surface area contributed by atoms with E-state index < -0.39 is 24.6 Å². The van der Waals surface area contributed by atoms with Crippen molar-refractivity contribution in [3.05, 3.63) is 29.8 Å². The van der Waals surface area contributed by atoms with E-state index in [0.29, 0.717) is 23.8 Å². The molecule has 2 aliphatic rings. The summed E-state index contributed by atoms with van der Waals surface area (Å²) in [5, 5.41) is 9.64. The van der Waals surface area contributed by atoms with Crippen molar-refractivity contribution >= 4 is 5.91 Å². The van der Waals surface area contributed by atoms with Crippen molar-refractivity contribution in [2.24, 2.45) is 5.92 Å². The number of nitrogens with zero attached hydrogens (tertiary/aromatic N) is 1. The first-order valence-electron chi connectivity index (χ1n) is 8.10. The van der Waals surface area contributed by atoms with E-state index in [2.05, 4.69) is 0 Å². The van der Waals surface area contributed by atoms with Crippen LogP contribution in [0.1, 0.15) is 36.0 Å². The summed E-state index contributed by atoms with van der Waals surface area (Å²) in [5.41, 5.74) is -2.28. The number of amides is 1. The molecule has 0 aromatic heterocycles. The Balaban J connectivity index is 1.56. The first-order valence-corrected chi connectivity index (χ1v) is 8.10. The number of benzene rings is 1. The second-order valence-electron chi connectivity index (χ2n) is 6.60. The quantitative estimate of drug-likeness (QED) is 0.914. The third-order valence-electron chi connectivity index (χ3n) is 4.69. The van der Waals surface area contributed by atoms with Crippen LogP contribution in [0.4, 0.5) is 13.2 Å². The van der Waals surface area contributed by atoms with Crippen molar-refractivity contribution in [3.8, 4) is 5.75 Å². The highest BCUT2D eigenvalue weighted by molar-refractivity contribution is 5.94. The smallest absolute Gasteiger partial charge is 0.417 e. The molecule has 1 heterocycles. The fourth-order valence-corrected chi connectivity index (χ4v) is 2.74. The maximum Gasteiger partial charge on any atom is 0.417 e. The van der Waals surface area contributed by atoms with Crippen LogP contribution >= 0.6 is 0 Å². The van der Waals surface area contributed by atoms with Crippen molar-refractivity contribution in [1.82, 2.24) is 4.90 Å². The molecule has 1 aromatic carbocycles. The largest absolute Gasteiger partial charge is 0.493 e. The predicted octanol–water partition coefficient (Wildman–Crippen LogP) is 3.00. The summed E-state index contributed by atoms with van der Waals surface area (Å²) >= 11 is 0. The number of carbonyl (C=O) groups excluding carboxylic acids is 1. The summed E-state index contributed by atoms with van der Waals surface area (Å²) in [4.78, 5) is 13.7. The van der Waals surface area contributed by atoms with Gasteiger partial charge in [0.25, 0.3) is 5.91 Å². The van der Waals surface area contributed by atoms with Crippen LogP contribution in [-0.4, -0.2) is 47.4 Å². The molecule has 0 radical (unpaired) electrons. The Hall–Kier alpha value is -1.76. The van der Waals surface area contributed by atoms with E-state index in [0.717, 1.165) is 0 Å². The van der Waals surface area contributed by atoms with Crippen LogP contribution in [0.25, 0.3) is 0 Å². The lowest BCUT2D eigenvalue weighted by Gasteiger charge is -2.39. The summed E-state index contributed by atoms with van der Waals surface area (Å²) in [6.07, 6.45) is -3.27. The Morgan fingerprint density at radius 2 is 1.79 bits per heavy atom. The van der Waals surface area contributed by atoms with Gasteiger partial charge < -0.3 is 14.7 Å². The molecule has 24 heavy (non-hydrogen) atoms. The van der Waals surface area contributed by atoms with E-state index >= 15 is 0 Å². The van der Waals surface area contributed by atoms with E-state index in [9.17, 15) is 23.1 Å². The zero-order chi connectivity index (χ0) is 17.4. The number of hydrogen-bond acceptors (Lipinski definition) is 3. The second-order valence-corrected chi connectivity index (χ2v) is 6.60. The summed E-state index contributed by atoms with van der Waals surface area (Å²) in [7, 11) is 0. The van der Waals surface area contributed by atoms with Gasteiger partial charge in [-0.2, -0.15) is 13.2 Å². The Morgan fingerprint density at radius 1 is 1.21 bits per heavy atom. The third-order valence-corrected chi connectivity index (χ3v) is 4.69. The molecule has 132 valence electrons. The lowest BCUT2D eigenvalue weighted by atomic mass is 9.90. The number of alkyl halides is 3. The van der Waals surface area contributed by atoms with Crippen molar-refractivity contribution < 1.29 is 27.8 Å². The van der Waals surface area contributed by atoms with Gasteiger partial charge in [-0.05, 0) is 43.0 Å². The summed E-state index contributed by atoms with van der Waals surface area (Å²) < 4.78 is 44.0. The van der Waals surface area contributed by atoms with Crippen molar-refractivity contribution in [2.45, 2.75) is 37.5 Å². The molecule has 0 spiro atoms. The number of aliphatic hydroxyl groups is 1. The van der Waals surface area contributed by atoms with Crippen LogP contribution in [0.3, 0.4) is 0 Å². The number of rotatable bonds is 4. The Morgan fingerprint density at radius 3 is 2.29 bits per heavy atom. The normalized spacial score (nSPS) is 20.8. The fourth-order valence-electron chi connectivity index (χ4n) is 2.74. The van der Waals surface area contributed by atoms with E-state index in [1.807, 2.05) is 0 Å². The highest BCUT2D eigenvalue weighted by Gasteiger charge is 2.54. The van der Waals surface area contributed by atoms with Crippen molar-refractivity contribution in [1.29, 1.82) is 0 Å².